The summed E-state index contributed by atoms with van der Waals surface area (Å²) in [6.07, 6.45) is 1.05. The van der Waals surface area contributed by atoms with Gasteiger partial charge in [-0.1, -0.05) is 17.9 Å². The molecule has 0 saturated heterocycles. The summed E-state index contributed by atoms with van der Waals surface area (Å²) in [6, 6.07) is 0. The first-order chi connectivity index (χ1) is 5.72. The van der Waals surface area contributed by atoms with Crippen LogP contribution in [-0.2, 0) is 16.1 Å². The summed E-state index contributed by atoms with van der Waals surface area (Å²) in [5, 5.41) is 1.50. The van der Waals surface area contributed by atoms with E-state index in [0.717, 1.165) is 17.4 Å². The summed E-state index contributed by atoms with van der Waals surface area (Å²) in [5.74, 6) is -0.191. The molecule has 0 bridgehead atoms. The second-order valence-electron chi connectivity index (χ2n) is 1.87. The molecule has 0 N–H and O–H groups in total. The quantitative estimate of drug-likeness (QED) is 0.520. The van der Waals surface area contributed by atoms with Crippen LogP contribution in [0.1, 0.15) is 5.76 Å². The van der Waals surface area contributed by atoms with Crippen LogP contribution in [0.15, 0.2) is 27.2 Å². The average Bonchev–Trinajstić information content (AvgIpc) is 2.47. The molecule has 0 aromatic carbocycles. The fraction of sp³-hybridized carbons (Fsp3) is 0.143. The van der Waals surface area contributed by atoms with Crippen LogP contribution in [0.3, 0.4) is 0 Å². The van der Waals surface area contributed by atoms with Crippen molar-refractivity contribution in [3.8, 4) is 0 Å². The molecule has 0 aliphatic carbocycles. The lowest BCUT2D eigenvalue weighted by Gasteiger charge is -1.95. The second kappa shape index (κ2) is 3.87. The van der Waals surface area contributed by atoms with Gasteiger partial charge in [-0.25, -0.2) is 9.59 Å². The standard InChI is InChI=1S/C7H6O4S/c1-2-6(8)10-3-5-4-12-7(9)11-5/h2,4H,1,3H2. The van der Waals surface area contributed by atoms with Crippen molar-refractivity contribution in [2.24, 2.45) is 0 Å². The zero-order valence-corrected chi connectivity index (χ0v) is 6.93. The summed E-state index contributed by atoms with van der Waals surface area (Å²) in [4.78, 5) is 20.6. The smallest absolute Gasteiger partial charge is 0.395 e. The van der Waals surface area contributed by atoms with Gasteiger partial charge in [0.05, 0.1) is 0 Å². The van der Waals surface area contributed by atoms with Crippen molar-refractivity contribution in [2.45, 2.75) is 6.61 Å². The highest BCUT2D eigenvalue weighted by Crippen LogP contribution is 2.01. The Morgan fingerprint density at radius 2 is 2.58 bits per heavy atom. The van der Waals surface area contributed by atoms with E-state index >= 15 is 0 Å². The summed E-state index contributed by atoms with van der Waals surface area (Å²) in [7, 11) is 0. The first-order valence-corrected chi connectivity index (χ1v) is 3.97. The van der Waals surface area contributed by atoms with Crippen molar-refractivity contribution >= 4 is 17.3 Å². The van der Waals surface area contributed by atoms with Crippen LogP contribution in [0.5, 0.6) is 0 Å². The molecule has 12 heavy (non-hydrogen) atoms. The molecule has 0 unspecified atom stereocenters. The van der Waals surface area contributed by atoms with Crippen molar-refractivity contribution in [3.05, 3.63) is 33.5 Å². The van der Waals surface area contributed by atoms with Gasteiger partial charge >= 0.3 is 10.9 Å². The molecule has 0 amide bonds. The number of carbonyl (C=O) groups is 1. The Kier molecular flexibility index (Phi) is 2.82. The van der Waals surface area contributed by atoms with Crippen molar-refractivity contribution in [1.29, 1.82) is 0 Å². The maximum absolute atomic E-state index is 10.5. The van der Waals surface area contributed by atoms with Gasteiger partial charge in [-0.05, 0) is 0 Å². The van der Waals surface area contributed by atoms with Crippen molar-refractivity contribution in [2.75, 3.05) is 0 Å². The summed E-state index contributed by atoms with van der Waals surface area (Å²) >= 11 is 0.924. The zero-order valence-electron chi connectivity index (χ0n) is 6.11. The number of rotatable bonds is 3. The Balaban J connectivity index is 2.48. The minimum atomic E-state index is -0.538. The molecular weight excluding hydrogens is 180 g/mol. The minimum Gasteiger partial charge on any atom is -0.454 e. The third-order valence-corrected chi connectivity index (χ3v) is 1.68. The Hall–Kier alpha value is -1.36. The number of hydrogen-bond donors (Lipinski definition) is 0. The molecule has 4 nitrogen and oxygen atoms in total. The van der Waals surface area contributed by atoms with E-state index in [1.54, 1.807) is 0 Å². The van der Waals surface area contributed by atoms with Crippen LogP contribution in [-0.4, -0.2) is 5.97 Å². The van der Waals surface area contributed by atoms with Gasteiger partial charge in [-0.3, -0.25) is 0 Å². The van der Waals surface area contributed by atoms with Crippen molar-refractivity contribution in [1.82, 2.24) is 0 Å². The third-order valence-electron chi connectivity index (χ3n) is 1.02. The zero-order chi connectivity index (χ0) is 8.97. The molecule has 0 saturated carbocycles. The molecule has 1 aromatic heterocycles. The van der Waals surface area contributed by atoms with Crippen LogP contribution >= 0.6 is 11.3 Å². The minimum absolute atomic E-state index is 0.0242. The van der Waals surface area contributed by atoms with Crippen LogP contribution in [0, 0.1) is 0 Å². The molecule has 0 atom stereocenters. The van der Waals surface area contributed by atoms with E-state index in [9.17, 15) is 9.59 Å². The monoisotopic (exact) mass is 186 g/mol. The summed E-state index contributed by atoms with van der Waals surface area (Å²) in [5.41, 5.74) is 0. The van der Waals surface area contributed by atoms with E-state index in [4.69, 9.17) is 0 Å². The lowest BCUT2D eigenvalue weighted by atomic mass is 10.6. The molecule has 1 heterocycles. The molecule has 0 aliphatic rings. The van der Waals surface area contributed by atoms with E-state index in [2.05, 4.69) is 15.7 Å². The van der Waals surface area contributed by atoms with E-state index < -0.39 is 10.9 Å². The van der Waals surface area contributed by atoms with Crippen molar-refractivity contribution < 1.29 is 13.9 Å². The van der Waals surface area contributed by atoms with Crippen LogP contribution in [0.4, 0.5) is 0 Å². The van der Waals surface area contributed by atoms with E-state index in [0.29, 0.717) is 5.76 Å². The van der Waals surface area contributed by atoms with Gasteiger partial charge in [0.15, 0.2) is 12.4 Å². The molecule has 64 valence electrons. The first-order valence-electron chi connectivity index (χ1n) is 3.09. The molecule has 1 aromatic rings. The predicted molar refractivity (Wildman–Crippen MR) is 42.8 cm³/mol. The van der Waals surface area contributed by atoms with Crippen LogP contribution in [0.2, 0.25) is 0 Å². The van der Waals surface area contributed by atoms with Crippen molar-refractivity contribution in [3.63, 3.8) is 0 Å². The summed E-state index contributed by atoms with van der Waals surface area (Å²) in [6.45, 7) is 3.19. The second-order valence-corrected chi connectivity index (χ2v) is 2.67. The number of esters is 1. The lowest BCUT2D eigenvalue weighted by molar-refractivity contribution is -0.139. The largest absolute Gasteiger partial charge is 0.454 e. The number of ether oxygens (including phenoxy) is 1. The maximum atomic E-state index is 10.5. The molecule has 0 aliphatic heterocycles. The fourth-order valence-corrected chi connectivity index (χ4v) is 1.03. The molecule has 1 rings (SSSR count). The normalized spacial score (nSPS) is 9.33. The molecule has 5 heteroatoms. The maximum Gasteiger partial charge on any atom is 0.395 e. The highest BCUT2D eigenvalue weighted by atomic mass is 32.1. The van der Waals surface area contributed by atoms with Gasteiger partial charge in [-0.15, -0.1) is 0 Å². The van der Waals surface area contributed by atoms with Gasteiger partial charge in [0.1, 0.15) is 0 Å². The van der Waals surface area contributed by atoms with E-state index in [1.165, 1.54) is 5.38 Å². The molecule has 0 radical (unpaired) electrons. The van der Waals surface area contributed by atoms with Gasteiger partial charge in [0, 0.05) is 11.5 Å². The Morgan fingerprint density at radius 3 is 3.08 bits per heavy atom. The summed E-state index contributed by atoms with van der Waals surface area (Å²) < 4.78 is 9.24. The van der Waals surface area contributed by atoms with Crippen LogP contribution in [0.25, 0.3) is 0 Å². The molecule has 0 spiro atoms. The SMILES string of the molecule is C=CC(=O)OCc1csc(=O)o1. The third kappa shape index (κ3) is 2.35. The van der Waals surface area contributed by atoms with E-state index in [-0.39, 0.29) is 6.61 Å². The first kappa shape index (κ1) is 8.73. The molecular formula is C7H6O4S. The number of hydrogen-bond acceptors (Lipinski definition) is 5. The predicted octanol–water partition coefficient (Wildman–Crippen LogP) is 0.930. The van der Waals surface area contributed by atoms with Crippen LogP contribution < -0.4 is 4.94 Å². The highest BCUT2D eigenvalue weighted by molar-refractivity contribution is 7.07. The Bertz CT molecular complexity index is 335. The average molecular weight is 186 g/mol. The molecule has 0 fully saturated rings. The van der Waals surface area contributed by atoms with E-state index in [1.807, 2.05) is 0 Å². The Morgan fingerprint density at radius 1 is 1.83 bits per heavy atom. The van der Waals surface area contributed by atoms with Gasteiger partial charge < -0.3 is 9.15 Å². The van der Waals surface area contributed by atoms with Gasteiger partial charge in [-0.2, -0.15) is 0 Å². The van der Waals surface area contributed by atoms with Gasteiger partial charge in [0.25, 0.3) is 0 Å². The topological polar surface area (TPSA) is 56.5 Å². The lowest BCUT2D eigenvalue weighted by Crippen LogP contribution is -1.99. The Labute approximate surface area is 72.1 Å². The number of carbonyl (C=O) groups excluding carboxylic acids is 1. The fourth-order valence-electron chi connectivity index (χ4n) is 0.534. The van der Waals surface area contributed by atoms with Gasteiger partial charge in [0.2, 0.25) is 0 Å². The highest BCUT2D eigenvalue weighted by Gasteiger charge is 2.01.